The lowest BCUT2D eigenvalue weighted by atomic mass is 10.3. The Morgan fingerprint density at radius 1 is 1.26 bits per heavy atom. The van der Waals surface area contributed by atoms with Gasteiger partial charge in [0.15, 0.2) is 0 Å². The Morgan fingerprint density at radius 2 is 1.95 bits per heavy atom. The van der Waals surface area contributed by atoms with Crippen LogP contribution in [0, 0.1) is 11.6 Å². The van der Waals surface area contributed by atoms with Crippen LogP contribution < -0.4 is 5.32 Å². The molecule has 0 aliphatic carbocycles. The highest BCUT2D eigenvalue weighted by Gasteiger charge is 2.10. The summed E-state index contributed by atoms with van der Waals surface area (Å²) < 4.78 is 35.5. The van der Waals surface area contributed by atoms with Gasteiger partial charge >= 0.3 is 5.97 Å². The van der Waals surface area contributed by atoms with Gasteiger partial charge in [-0.05, 0) is 18.2 Å². The zero-order valence-corrected chi connectivity index (χ0v) is 10.1. The Bertz CT molecular complexity index is 575. The summed E-state index contributed by atoms with van der Waals surface area (Å²) in [5.74, 6) is -1.40. The van der Waals surface area contributed by atoms with Crippen molar-refractivity contribution in [2.24, 2.45) is 0 Å². The van der Waals surface area contributed by atoms with Crippen molar-refractivity contribution < 1.29 is 22.7 Å². The first-order valence-corrected chi connectivity index (χ1v) is 5.44. The number of hydrogen-bond donors (Lipinski definition) is 1. The van der Waals surface area contributed by atoms with Crippen molar-refractivity contribution in [2.45, 2.75) is 6.54 Å². The third-order valence-electron chi connectivity index (χ3n) is 2.40. The molecule has 100 valence electrons. The number of esters is 1. The van der Waals surface area contributed by atoms with Crippen molar-refractivity contribution >= 4 is 11.7 Å². The number of carbonyl (C=O) groups excluding carboxylic acids is 1. The Labute approximate surface area is 108 Å². The molecule has 0 amide bonds. The summed E-state index contributed by atoms with van der Waals surface area (Å²) in [7, 11) is 1.27. The van der Waals surface area contributed by atoms with E-state index in [1.165, 1.54) is 19.4 Å². The van der Waals surface area contributed by atoms with Crippen LogP contribution in [0.4, 0.5) is 14.5 Å². The molecule has 0 bridgehead atoms. The number of carbonyl (C=O) groups is 1. The first-order valence-electron chi connectivity index (χ1n) is 5.44. The van der Waals surface area contributed by atoms with Crippen molar-refractivity contribution in [3.05, 3.63) is 53.5 Å². The molecule has 1 aromatic carbocycles. The molecule has 0 unspecified atom stereocenters. The predicted molar refractivity (Wildman–Crippen MR) is 63.7 cm³/mol. The molecule has 0 radical (unpaired) electrons. The van der Waals surface area contributed by atoms with Gasteiger partial charge < -0.3 is 14.5 Å². The van der Waals surface area contributed by atoms with Gasteiger partial charge in [0, 0.05) is 11.8 Å². The van der Waals surface area contributed by atoms with Crippen molar-refractivity contribution in [2.75, 3.05) is 12.4 Å². The van der Waals surface area contributed by atoms with Gasteiger partial charge in [0.05, 0.1) is 19.2 Å². The molecule has 2 aromatic rings. The minimum atomic E-state index is -0.669. The number of methoxy groups -OCH3 is 1. The van der Waals surface area contributed by atoms with Crippen LogP contribution in [0.25, 0.3) is 0 Å². The molecular weight excluding hydrogens is 256 g/mol. The fraction of sp³-hybridized carbons (Fsp3) is 0.154. The van der Waals surface area contributed by atoms with Gasteiger partial charge in [-0.1, -0.05) is 0 Å². The van der Waals surface area contributed by atoms with Gasteiger partial charge in [-0.15, -0.1) is 0 Å². The summed E-state index contributed by atoms with van der Waals surface area (Å²) in [5, 5.41) is 2.79. The molecule has 1 heterocycles. The predicted octanol–water partition coefficient (Wildman–Crippen LogP) is 2.96. The van der Waals surface area contributed by atoms with Crippen LogP contribution >= 0.6 is 0 Å². The van der Waals surface area contributed by atoms with E-state index in [1.807, 2.05) is 0 Å². The highest BCUT2D eigenvalue weighted by molar-refractivity contribution is 5.88. The van der Waals surface area contributed by atoms with E-state index in [9.17, 15) is 13.6 Å². The molecule has 2 rings (SSSR count). The van der Waals surface area contributed by atoms with Crippen molar-refractivity contribution in [1.29, 1.82) is 0 Å². The first kappa shape index (κ1) is 13.1. The number of furan rings is 1. The Morgan fingerprint density at radius 3 is 2.58 bits per heavy atom. The highest BCUT2D eigenvalue weighted by atomic mass is 19.1. The van der Waals surface area contributed by atoms with Crippen LogP contribution in [0.3, 0.4) is 0 Å². The summed E-state index contributed by atoms with van der Waals surface area (Å²) >= 11 is 0. The smallest absolute Gasteiger partial charge is 0.341 e. The third kappa shape index (κ3) is 3.31. The van der Waals surface area contributed by atoms with E-state index in [2.05, 4.69) is 10.1 Å². The number of ether oxygens (including phenoxy) is 1. The number of halogens is 2. The molecule has 1 aromatic heterocycles. The quantitative estimate of drug-likeness (QED) is 0.865. The fourth-order valence-corrected chi connectivity index (χ4v) is 1.54. The van der Waals surface area contributed by atoms with E-state index < -0.39 is 17.6 Å². The number of benzene rings is 1. The molecule has 0 spiro atoms. The van der Waals surface area contributed by atoms with E-state index in [0.717, 1.165) is 18.2 Å². The van der Waals surface area contributed by atoms with Crippen LogP contribution in [-0.2, 0) is 11.3 Å². The van der Waals surface area contributed by atoms with E-state index in [4.69, 9.17) is 4.42 Å². The highest BCUT2D eigenvalue weighted by Crippen LogP contribution is 2.15. The summed E-state index contributed by atoms with van der Waals surface area (Å²) in [6, 6.07) is 4.60. The lowest BCUT2D eigenvalue weighted by Crippen LogP contribution is -2.00. The van der Waals surface area contributed by atoms with Crippen molar-refractivity contribution in [1.82, 2.24) is 0 Å². The second kappa shape index (κ2) is 5.51. The lowest BCUT2D eigenvalue weighted by molar-refractivity contribution is 0.0600. The molecule has 0 aliphatic rings. The fourth-order valence-electron chi connectivity index (χ4n) is 1.54. The van der Waals surface area contributed by atoms with Gasteiger partial charge in [-0.25, -0.2) is 13.6 Å². The zero-order chi connectivity index (χ0) is 13.8. The van der Waals surface area contributed by atoms with Crippen molar-refractivity contribution in [3.8, 4) is 0 Å². The minimum Gasteiger partial charge on any atom is -0.467 e. The maximum absolute atomic E-state index is 12.9. The van der Waals surface area contributed by atoms with E-state index in [1.54, 1.807) is 0 Å². The van der Waals surface area contributed by atoms with Crippen LogP contribution in [0.1, 0.15) is 16.1 Å². The van der Waals surface area contributed by atoms with Gasteiger partial charge in [0.25, 0.3) is 0 Å². The van der Waals surface area contributed by atoms with Gasteiger partial charge in [-0.2, -0.15) is 0 Å². The normalized spacial score (nSPS) is 10.3. The molecule has 19 heavy (non-hydrogen) atoms. The molecule has 6 heteroatoms. The topological polar surface area (TPSA) is 51.5 Å². The summed E-state index contributed by atoms with van der Waals surface area (Å²) in [4.78, 5) is 11.2. The molecule has 0 aliphatic heterocycles. The molecule has 0 saturated carbocycles. The summed E-state index contributed by atoms with van der Waals surface area (Å²) in [6.07, 6.45) is 1.26. The number of anilines is 1. The van der Waals surface area contributed by atoms with E-state index in [-0.39, 0.29) is 17.8 Å². The lowest BCUT2D eigenvalue weighted by Gasteiger charge is -2.04. The molecular formula is C13H11F2NO3. The second-order valence-corrected chi connectivity index (χ2v) is 3.80. The number of nitrogens with one attached hydrogen (secondary N) is 1. The van der Waals surface area contributed by atoms with Crippen LogP contribution in [0.5, 0.6) is 0 Å². The van der Waals surface area contributed by atoms with Crippen LogP contribution in [0.15, 0.2) is 34.9 Å². The molecule has 0 fully saturated rings. The maximum atomic E-state index is 12.9. The average Bonchev–Trinajstić information content (AvgIpc) is 2.83. The molecule has 1 N–H and O–H groups in total. The monoisotopic (exact) mass is 267 g/mol. The van der Waals surface area contributed by atoms with Crippen LogP contribution in [-0.4, -0.2) is 13.1 Å². The van der Waals surface area contributed by atoms with E-state index >= 15 is 0 Å². The molecule has 0 atom stereocenters. The molecule has 0 saturated heterocycles. The maximum Gasteiger partial charge on any atom is 0.341 e. The van der Waals surface area contributed by atoms with E-state index in [0.29, 0.717) is 5.76 Å². The second-order valence-electron chi connectivity index (χ2n) is 3.80. The average molecular weight is 267 g/mol. The summed E-state index contributed by atoms with van der Waals surface area (Å²) in [5.41, 5.74) is 0.568. The Balaban J connectivity index is 2.02. The Kier molecular flexibility index (Phi) is 3.79. The Hall–Kier alpha value is -2.37. The zero-order valence-electron chi connectivity index (χ0n) is 10.1. The SMILES string of the molecule is COC(=O)c1coc(CNc2cc(F)cc(F)c2)c1. The summed E-state index contributed by atoms with van der Waals surface area (Å²) in [6.45, 7) is 0.194. The number of rotatable bonds is 4. The third-order valence-corrected chi connectivity index (χ3v) is 2.40. The van der Waals surface area contributed by atoms with Gasteiger partial charge in [0.2, 0.25) is 0 Å². The van der Waals surface area contributed by atoms with Crippen molar-refractivity contribution in [3.63, 3.8) is 0 Å². The van der Waals surface area contributed by atoms with Gasteiger partial charge in [0.1, 0.15) is 23.7 Å². The molecule has 4 nitrogen and oxygen atoms in total. The standard InChI is InChI=1S/C13H11F2NO3/c1-18-13(17)8-2-12(19-7-8)6-16-11-4-9(14)3-10(15)5-11/h2-5,7,16H,6H2,1H3. The number of hydrogen-bond acceptors (Lipinski definition) is 4. The van der Waals surface area contributed by atoms with Crippen LogP contribution in [0.2, 0.25) is 0 Å². The first-order chi connectivity index (χ1) is 9.08. The minimum absolute atomic E-state index is 0.194. The largest absolute Gasteiger partial charge is 0.467 e. The van der Waals surface area contributed by atoms with Gasteiger partial charge in [-0.3, -0.25) is 0 Å².